The Balaban J connectivity index is 3.06. The third-order valence-corrected chi connectivity index (χ3v) is 3.43. The van der Waals surface area contributed by atoms with Crippen molar-refractivity contribution in [2.24, 2.45) is 0 Å². The summed E-state index contributed by atoms with van der Waals surface area (Å²) in [7, 11) is -4.58. The standard InChI is InChI=1S/C9H10F3NO4S/c10-5-1-7(11)9(8(12)2-5)18(16,17)13-3-6(15)4-14/h1-2,6,13-15H,3-4H2. The second-order valence-electron chi connectivity index (χ2n) is 3.39. The maximum absolute atomic E-state index is 13.2. The molecule has 0 saturated carbocycles. The number of rotatable bonds is 5. The van der Waals surface area contributed by atoms with E-state index in [0.717, 1.165) is 0 Å². The molecule has 0 aliphatic heterocycles. The van der Waals surface area contributed by atoms with Gasteiger partial charge in [0.05, 0.1) is 12.7 Å². The summed E-state index contributed by atoms with van der Waals surface area (Å²) in [5, 5.41) is 17.4. The first-order valence-corrected chi connectivity index (χ1v) is 6.19. The lowest BCUT2D eigenvalue weighted by atomic mass is 10.3. The summed E-state index contributed by atoms with van der Waals surface area (Å²) in [4.78, 5) is -1.34. The van der Waals surface area contributed by atoms with Crippen LogP contribution in [0.2, 0.25) is 0 Å². The number of benzene rings is 1. The Morgan fingerprint density at radius 3 is 2.17 bits per heavy atom. The van der Waals surface area contributed by atoms with E-state index in [-0.39, 0.29) is 12.1 Å². The SMILES string of the molecule is O=S(=O)(NCC(O)CO)c1c(F)cc(F)cc1F. The lowest BCUT2D eigenvalue weighted by Crippen LogP contribution is -2.34. The zero-order chi connectivity index (χ0) is 13.9. The van der Waals surface area contributed by atoms with Gasteiger partial charge in [0.15, 0.2) is 4.90 Å². The van der Waals surface area contributed by atoms with Gasteiger partial charge in [-0.3, -0.25) is 0 Å². The lowest BCUT2D eigenvalue weighted by Gasteiger charge is -2.11. The van der Waals surface area contributed by atoms with Crippen LogP contribution in [0.1, 0.15) is 0 Å². The van der Waals surface area contributed by atoms with Gasteiger partial charge in [0.1, 0.15) is 17.5 Å². The molecule has 0 aliphatic carbocycles. The van der Waals surface area contributed by atoms with Crippen molar-refractivity contribution in [3.63, 3.8) is 0 Å². The minimum Gasteiger partial charge on any atom is -0.394 e. The summed E-state index contributed by atoms with van der Waals surface area (Å²) >= 11 is 0. The average molecular weight is 285 g/mol. The minimum absolute atomic E-state index is 0.222. The second-order valence-corrected chi connectivity index (χ2v) is 5.09. The number of aliphatic hydroxyl groups excluding tert-OH is 2. The lowest BCUT2D eigenvalue weighted by molar-refractivity contribution is 0.0988. The predicted octanol–water partition coefficient (Wildman–Crippen LogP) is -0.265. The molecule has 0 heterocycles. The molecule has 0 fully saturated rings. The monoisotopic (exact) mass is 285 g/mol. The van der Waals surface area contributed by atoms with Crippen LogP contribution >= 0.6 is 0 Å². The van der Waals surface area contributed by atoms with Gasteiger partial charge in [0.2, 0.25) is 10.0 Å². The Labute approximate surface area is 101 Å². The zero-order valence-electron chi connectivity index (χ0n) is 8.90. The molecule has 1 unspecified atom stereocenters. The molecule has 1 aromatic carbocycles. The van der Waals surface area contributed by atoms with Crippen LogP contribution in [0.15, 0.2) is 17.0 Å². The normalized spacial score (nSPS) is 13.6. The Morgan fingerprint density at radius 2 is 1.72 bits per heavy atom. The predicted molar refractivity (Wildman–Crippen MR) is 54.6 cm³/mol. The van der Waals surface area contributed by atoms with E-state index in [2.05, 4.69) is 0 Å². The van der Waals surface area contributed by atoms with Crippen molar-refractivity contribution in [2.45, 2.75) is 11.0 Å². The van der Waals surface area contributed by atoms with Crippen molar-refractivity contribution in [1.82, 2.24) is 4.72 Å². The summed E-state index contributed by atoms with van der Waals surface area (Å²) in [6, 6.07) is 0.445. The molecule has 0 saturated heterocycles. The van der Waals surface area contributed by atoms with Crippen LogP contribution in [-0.4, -0.2) is 37.9 Å². The van der Waals surface area contributed by atoms with Gasteiger partial charge in [-0.25, -0.2) is 26.3 Å². The van der Waals surface area contributed by atoms with Crippen LogP contribution in [0.4, 0.5) is 13.2 Å². The van der Waals surface area contributed by atoms with Gasteiger partial charge in [-0.15, -0.1) is 0 Å². The maximum Gasteiger partial charge on any atom is 0.246 e. The van der Waals surface area contributed by atoms with Crippen LogP contribution in [-0.2, 0) is 10.0 Å². The zero-order valence-corrected chi connectivity index (χ0v) is 9.72. The molecular formula is C9H10F3NO4S. The first-order valence-electron chi connectivity index (χ1n) is 4.71. The van der Waals surface area contributed by atoms with E-state index in [4.69, 9.17) is 10.2 Å². The van der Waals surface area contributed by atoms with Gasteiger partial charge in [0, 0.05) is 18.7 Å². The van der Waals surface area contributed by atoms with Crippen molar-refractivity contribution in [3.8, 4) is 0 Å². The average Bonchev–Trinajstić information content (AvgIpc) is 2.24. The van der Waals surface area contributed by atoms with Crippen molar-refractivity contribution in [2.75, 3.05) is 13.2 Å². The first kappa shape index (κ1) is 14.9. The Kier molecular flexibility index (Phi) is 4.68. The topological polar surface area (TPSA) is 86.6 Å². The number of aliphatic hydroxyl groups is 2. The molecule has 0 aromatic heterocycles. The summed E-state index contributed by atoms with van der Waals surface area (Å²) in [5.41, 5.74) is 0. The molecule has 18 heavy (non-hydrogen) atoms. The van der Waals surface area contributed by atoms with Gasteiger partial charge in [-0.05, 0) is 0 Å². The summed E-state index contributed by atoms with van der Waals surface area (Å²) < 4.78 is 63.7. The molecule has 0 spiro atoms. The third-order valence-electron chi connectivity index (χ3n) is 1.95. The van der Waals surface area contributed by atoms with Gasteiger partial charge >= 0.3 is 0 Å². The van der Waals surface area contributed by atoms with E-state index in [9.17, 15) is 21.6 Å². The van der Waals surface area contributed by atoms with E-state index >= 15 is 0 Å². The van der Waals surface area contributed by atoms with Crippen LogP contribution in [0.25, 0.3) is 0 Å². The molecule has 0 radical (unpaired) electrons. The van der Waals surface area contributed by atoms with Gasteiger partial charge in [-0.2, -0.15) is 0 Å². The second kappa shape index (κ2) is 5.65. The molecule has 9 heteroatoms. The molecule has 1 aromatic rings. The molecule has 0 amide bonds. The molecular weight excluding hydrogens is 275 g/mol. The van der Waals surface area contributed by atoms with E-state index < -0.39 is 51.6 Å². The minimum atomic E-state index is -4.58. The van der Waals surface area contributed by atoms with Crippen LogP contribution in [0.3, 0.4) is 0 Å². The van der Waals surface area contributed by atoms with Crippen LogP contribution < -0.4 is 4.72 Å². The number of hydrogen-bond acceptors (Lipinski definition) is 4. The highest BCUT2D eigenvalue weighted by atomic mass is 32.2. The molecule has 0 bridgehead atoms. The summed E-state index contributed by atoms with van der Waals surface area (Å²) in [5.74, 6) is -4.42. The molecule has 5 nitrogen and oxygen atoms in total. The molecule has 102 valence electrons. The molecule has 0 aliphatic rings. The smallest absolute Gasteiger partial charge is 0.246 e. The molecule has 1 atom stereocenters. The number of hydrogen-bond donors (Lipinski definition) is 3. The van der Waals surface area contributed by atoms with Crippen LogP contribution in [0, 0.1) is 17.5 Å². The Morgan fingerprint density at radius 1 is 1.22 bits per heavy atom. The summed E-state index contributed by atoms with van der Waals surface area (Å²) in [6.45, 7) is -1.36. The highest BCUT2D eigenvalue weighted by Crippen LogP contribution is 2.19. The van der Waals surface area contributed by atoms with Crippen LogP contribution in [0.5, 0.6) is 0 Å². The van der Waals surface area contributed by atoms with Gasteiger partial charge in [0.25, 0.3) is 0 Å². The fourth-order valence-electron chi connectivity index (χ4n) is 1.13. The quantitative estimate of drug-likeness (QED) is 0.695. The van der Waals surface area contributed by atoms with E-state index in [1.54, 1.807) is 4.72 Å². The van der Waals surface area contributed by atoms with Crippen molar-refractivity contribution in [3.05, 3.63) is 29.6 Å². The maximum atomic E-state index is 13.2. The van der Waals surface area contributed by atoms with E-state index in [1.807, 2.05) is 0 Å². The van der Waals surface area contributed by atoms with Crippen molar-refractivity contribution < 1.29 is 31.8 Å². The fraction of sp³-hybridized carbons (Fsp3) is 0.333. The largest absolute Gasteiger partial charge is 0.394 e. The Bertz CT molecular complexity index is 512. The number of halogens is 3. The van der Waals surface area contributed by atoms with E-state index in [1.165, 1.54) is 0 Å². The van der Waals surface area contributed by atoms with Crippen molar-refractivity contribution >= 4 is 10.0 Å². The Hall–Kier alpha value is -1.16. The highest BCUT2D eigenvalue weighted by Gasteiger charge is 2.25. The van der Waals surface area contributed by atoms with E-state index in [0.29, 0.717) is 0 Å². The first-order chi connectivity index (χ1) is 8.27. The van der Waals surface area contributed by atoms with Crippen molar-refractivity contribution in [1.29, 1.82) is 0 Å². The van der Waals surface area contributed by atoms with Gasteiger partial charge in [-0.1, -0.05) is 0 Å². The number of sulfonamides is 1. The highest BCUT2D eigenvalue weighted by molar-refractivity contribution is 7.89. The molecule has 3 N–H and O–H groups in total. The summed E-state index contributed by atoms with van der Waals surface area (Å²) in [6.07, 6.45) is -1.41. The fourth-order valence-corrected chi connectivity index (χ4v) is 2.32. The third kappa shape index (κ3) is 3.42. The van der Waals surface area contributed by atoms with Gasteiger partial charge < -0.3 is 10.2 Å². The molecule has 1 rings (SSSR count). The number of nitrogens with one attached hydrogen (secondary N) is 1.